The summed E-state index contributed by atoms with van der Waals surface area (Å²) >= 11 is 0. The summed E-state index contributed by atoms with van der Waals surface area (Å²) in [6.07, 6.45) is 6.94. The van der Waals surface area contributed by atoms with E-state index in [-0.39, 0.29) is 6.10 Å². The Morgan fingerprint density at radius 3 is 2.18 bits per heavy atom. The molecule has 2 aliphatic heterocycles. The van der Waals surface area contributed by atoms with Crippen LogP contribution in [0.2, 0.25) is 0 Å². The van der Waals surface area contributed by atoms with Gasteiger partial charge in [0.25, 0.3) is 0 Å². The van der Waals surface area contributed by atoms with Crippen molar-refractivity contribution in [2.75, 3.05) is 52.5 Å². The second-order valence-corrected chi connectivity index (χ2v) is 7.19. The second kappa shape index (κ2) is 8.60. The molecule has 0 aromatic rings. The maximum absolute atomic E-state index is 10.1. The standard InChI is InChI=1S/C17H33N3O2/c21-17-4-2-1-3-16(17)18-15-5-7-19(8-6-15)9-10-20-11-13-22-14-12-20/h15-18,21H,1-14H2/t16-,17-/m0/s1. The van der Waals surface area contributed by atoms with E-state index >= 15 is 0 Å². The van der Waals surface area contributed by atoms with Crippen LogP contribution in [0, 0.1) is 0 Å². The zero-order valence-electron chi connectivity index (χ0n) is 13.9. The monoisotopic (exact) mass is 311 g/mol. The molecule has 2 atom stereocenters. The van der Waals surface area contributed by atoms with Gasteiger partial charge in [0.05, 0.1) is 19.3 Å². The van der Waals surface area contributed by atoms with E-state index in [9.17, 15) is 5.11 Å². The molecule has 0 aromatic carbocycles. The first-order chi connectivity index (χ1) is 10.8. The molecule has 0 amide bonds. The molecule has 1 saturated carbocycles. The highest BCUT2D eigenvalue weighted by Crippen LogP contribution is 2.20. The van der Waals surface area contributed by atoms with Gasteiger partial charge in [-0.15, -0.1) is 0 Å². The summed E-state index contributed by atoms with van der Waals surface area (Å²) in [6.45, 7) is 8.76. The molecular weight excluding hydrogens is 278 g/mol. The van der Waals surface area contributed by atoms with Crippen molar-refractivity contribution in [1.29, 1.82) is 0 Å². The second-order valence-electron chi connectivity index (χ2n) is 7.19. The summed E-state index contributed by atoms with van der Waals surface area (Å²) in [5.74, 6) is 0. The van der Waals surface area contributed by atoms with Crippen molar-refractivity contribution in [3.63, 3.8) is 0 Å². The Balaban J connectivity index is 1.31. The molecule has 0 radical (unpaired) electrons. The van der Waals surface area contributed by atoms with E-state index < -0.39 is 0 Å². The molecular formula is C17H33N3O2. The van der Waals surface area contributed by atoms with E-state index in [0.29, 0.717) is 12.1 Å². The lowest BCUT2D eigenvalue weighted by Gasteiger charge is -2.38. The molecule has 5 heteroatoms. The minimum Gasteiger partial charge on any atom is -0.392 e. The molecule has 0 unspecified atom stereocenters. The summed E-state index contributed by atoms with van der Waals surface area (Å²) in [5, 5.41) is 13.8. The van der Waals surface area contributed by atoms with E-state index in [2.05, 4.69) is 15.1 Å². The Morgan fingerprint density at radius 1 is 0.864 bits per heavy atom. The molecule has 0 spiro atoms. The Morgan fingerprint density at radius 2 is 1.50 bits per heavy atom. The van der Waals surface area contributed by atoms with Gasteiger partial charge in [0.1, 0.15) is 0 Å². The van der Waals surface area contributed by atoms with Gasteiger partial charge in [0, 0.05) is 38.3 Å². The molecule has 0 bridgehead atoms. The first kappa shape index (κ1) is 16.7. The molecule has 2 saturated heterocycles. The summed E-state index contributed by atoms with van der Waals surface area (Å²) in [7, 11) is 0. The minimum absolute atomic E-state index is 0.117. The average molecular weight is 311 g/mol. The fourth-order valence-corrected chi connectivity index (χ4v) is 4.04. The molecule has 1 aliphatic carbocycles. The van der Waals surface area contributed by atoms with E-state index in [4.69, 9.17) is 4.74 Å². The van der Waals surface area contributed by atoms with Gasteiger partial charge in [-0.1, -0.05) is 12.8 Å². The van der Waals surface area contributed by atoms with Crippen molar-refractivity contribution in [2.24, 2.45) is 0 Å². The van der Waals surface area contributed by atoms with E-state index in [1.807, 2.05) is 0 Å². The lowest BCUT2D eigenvalue weighted by molar-refractivity contribution is 0.0310. The Hall–Kier alpha value is -0.200. The van der Waals surface area contributed by atoms with Crippen LogP contribution in [0.1, 0.15) is 38.5 Å². The smallest absolute Gasteiger partial charge is 0.0693 e. The number of hydrogen-bond donors (Lipinski definition) is 2. The molecule has 128 valence electrons. The first-order valence-corrected chi connectivity index (χ1v) is 9.28. The minimum atomic E-state index is -0.117. The van der Waals surface area contributed by atoms with Crippen molar-refractivity contribution in [2.45, 2.75) is 56.7 Å². The van der Waals surface area contributed by atoms with Crippen molar-refractivity contribution < 1.29 is 9.84 Å². The van der Waals surface area contributed by atoms with E-state index in [0.717, 1.165) is 39.1 Å². The van der Waals surface area contributed by atoms with Crippen LogP contribution < -0.4 is 5.32 Å². The van der Waals surface area contributed by atoms with Crippen LogP contribution in [-0.4, -0.2) is 85.6 Å². The van der Waals surface area contributed by atoms with Crippen LogP contribution in [0.5, 0.6) is 0 Å². The summed E-state index contributed by atoms with van der Waals surface area (Å²) in [4.78, 5) is 5.12. The van der Waals surface area contributed by atoms with Crippen molar-refractivity contribution in [1.82, 2.24) is 15.1 Å². The molecule has 3 rings (SSSR count). The number of ether oxygens (including phenoxy) is 1. The lowest BCUT2D eigenvalue weighted by atomic mass is 9.91. The van der Waals surface area contributed by atoms with Gasteiger partial charge in [-0.3, -0.25) is 4.90 Å². The lowest BCUT2D eigenvalue weighted by Crippen LogP contribution is -2.51. The van der Waals surface area contributed by atoms with Gasteiger partial charge in [-0.25, -0.2) is 0 Å². The molecule has 2 heterocycles. The van der Waals surface area contributed by atoms with E-state index in [1.54, 1.807) is 0 Å². The van der Waals surface area contributed by atoms with Crippen molar-refractivity contribution in [3.8, 4) is 0 Å². The molecule has 22 heavy (non-hydrogen) atoms. The number of rotatable bonds is 5. The maximum atomic E-state index is 10.1. The number of likely N-dealkylation sites (tertiary alicyclic amines) is 1. The molecule has 0 aromatic heterocycles. The van der Waals surface area contributed by atoms with Crippen LogP contribution >= 0.6 is 0 Å². The topological polar surface area (TPSA) is 48.0 Å². The van der Waals surface area contributed by atoms with Gasteiger partial charge in [-0.05, 0) is 38.8 Å². The third-order valence-electron chi connectivity index (χ3n) is 5.60. The van der Waals surface area contributed by atoms with Gasteiger partial charge in [-0.2, -0.15) is 0 Å². The normalized spacial score (nSPS) is 33.1. The van der Waals surface area contributed by atoms with E-state index in [1.165, 1.54) is 51.9 Å². The highest BCUT2D eigenvalue weighted by molar-refractivity contribution is 4.86. The largest absolute Gasteiger partial charge is 0.392 e. The van der Waals surface area contributed by atoms with Crippen LogP contribution in [-0.2, 0) is 4.74 Å². The highest BCUT2D eigenvalue weighted by Gasteiger charge is 2.27. The van der Waals surface area contributed by atoms with Gasteiger partial charge in [0.15, 0.2) is 0 Å². The number of nitrogens with zero attached hydrogens (tertiary/aromatic N) is 2. The zero-order chi connectivity index (χ0) is 15.2. The van der Waals surface area contributed by atoms with Crippen molar-refractivity contribution >= 4 is 0 Å². The molecule has 3 fully saturated rings. The van der Waals surface area contributed by atoms with Crippen LogP contribution in [0.4, 0.5) is 0 Å². The third kappa shape index (κ3) is 4.90. The van der Waals surface area contributed by atoms with Gasteiger partial charge in [0.2, 0.25) is 0 Å². The first-order valence-electron chi connectivity index (χ1n) is 9.28. The Kier molecular flexibility index (Phi) is 6.51. The highest BCUT2D eigenvalue weighted by atomic mass is 16.5. The quantitative estimate of drug-likeness (QED) is 0.782. The number of piperidine rings is 1. The predicted octanol–water partition coefficient (Wildman–Crippen LogP) is 0.676. The third-order valence-corrected chi connectivity index (χ3v) is 5.60. The fourth-order valence-electron chi connectivity index (χ4n) is 4.04. The molecule has 5 nitrogen and oxygen atoms in total. The van der Waals surface area contributed by atoms with Crippen molar-refractivity contribution in [3.05, 3.63) is 0 Å². The Labute approximate surface area is 135 Å². The number of hydrogen-bond acceptors (Lipinski definition) is 5. The summed E-state index contributed by atoms with van der Waals surface area (Å²) < 4.78 is 5.40. The zero-order valence-corrected chi connectivity index (χ0v) is 13.9. The van der Waals surface area contributed by atoms with Crippen LogP contribution in [0.25, 0.3) is 0 Å². The predicted molar refractivity (Wildman–Crippen MR) is 88.1 cm³/mol. The van der Waals surface area contributed by atoms with Gasteiger partial charge >= 0.3 is 0 Å². The summed E-state index contributed by atoms with van der Waals surface area (Å²) in [5.41, 5.74) is 0. The fraction of sp³-hybridized carbons (Fsp3) is 1.00. The average Bonchev–Trinajstić information content (AvgIpc) is 2.57. The number of aliphatic hydroxyl groups is 1. The molecule has 3 aliphatic rings. The Bertz CT molecular complexity index is 315. The number of morpholine rings is 1. The summed E-state index contributed by atoms with van der Waals surface area (Å²) in [6, 6.07) is 0.955. The van der Waals surface area contributed by atoms with Crippen LogP contribution in [0.15, 0.2) is 0 Å². The van der Waals surface area contributed by atoms with Gasteiger partial charge < -0.3 is 20.1 Å². The number of aliphatic hydroxyl groups excluding tert-OH is 1. The van der Waals surface area contributed by atoms with Crippen LogP contribution in [0.3, 0.4) is 0 Å². The molecule has 2 N–H and O–H groups in total. The SMILES string of the molecule is O[C@H]1CCCC[C@@H]1NC1CCN(CCN2CCOCC2)CC1. The maximum Gasteiger partial charge on any atom is 0.0693 e. The number of nitrogens with one attached hydrogen (secondary N) is 1.